The Morgan fingerprint density at radius 1 is 1.11 bits per heavy atom. The summed E-state index contributed by atoms with van der Waals surface area (Å²) in [5, 5.41) is 2.89. The van der Waals surface area contributed by atoms with E-state index in [1.165, 1.54) is 0 Å². The lowest BCUT2D eigenvalue weighted by molar-refractivity contribution is -0.141. The molecule has 7 heteroatoms. The van der Waals surface area contributed by atoms with Crippen molar-refractivity contribution in [2.24, 2.45) is 0 Å². The normalized spacial score (nSPS) is 15.7. The van der Waals surface area contributed by atoms with Gasteiger partial charge in [-0.15, -0.1) is 0 Å². The number of pyridine rings is 1. The van der Waals surface area contributed by atoms with E-state index in [1.54, 1.807) is 11.1 Å². The number of carbonyl (C=O) groups excluding carboxylic acids is 2. The highest BCUT2D eigenvalue weighted by atomic mass is 79.9. The number of fused-ring (bicyclic) bond motifs is 1. The number of benzene rings is 1. The monoisotopic (exact) mass is 426 g/mol. The number of likely N-dealkylation sites (tertiary alicyclic amines) is 1. The lowest BCUT2D eigenvalue weighted by atomic mass is 10.0. The minimum atomic E-state index is -0.660. The Bertz CT molecular complexity index is 986. The number of amides is 2. The second-order valence-corrected chi connectivity index (χ2v) is 7.36. The van der Waals surface area contributed by atoms with Gasteiger partial charge < -0.3 is 10.2 Å². The van der Waals surface area contributed by atoms with E-state index in [2.05, 4.69) is 26.2 Å². The third-order valence-corrected chi connectivity index (χ3v) is 5.38. The molecule has 1 N–H and O–H groups in total. The first-order chi connectivity index (χ1) is 13.1. The van der Waals surface area contributed by atoms with Gasteiger partial charge in [0, 0.05) is 13.0 Å². The number of hydrogen-bond donors (Lipinski definition) is 1. The van der Waals surface area contributed by atoms with Gasteiger partial charge in [-0.25, -0.2) is 4.98 Å². The van der Waals surface area contributed by atoms with Crippen molar-refractivity contribution in [3.8, 4) is 0 Å². The molecule has 1 aliphatic heterocycles. The molecule has 0 radical (unpaired) electrons. The lowest BCUT2D eigenvalue weighted by Gasteiger charge is -2.33. The van der Waals surface area contributed by atoms with E-state index in [4.69, 9.17) is 0 Å². The molecule has 3 heterocycles. The molecule has 0 spiro atoms. The van der Waals surface area contributed by atoms with Crippen molar-refractivity contribution in [3.63, 3.8) is 0 Å². The number of piperidine rings is 1. The second-order valence-electron chi connectivity index (χ2n) is 6.55. The van der Waals surface area contributed by atoms with Crippen molar-refractivity contribution in [3.05, 3.63) is 64.9 Å². The number of nitrogens with one attached hydrogen (secondary N) is 1. The van der Waals surface area contributed by atoms with Crippen LogP contribution in [0.5, 0.6) is 0 Å². The van der Waals surface area contributed by atoms with Crippen LogP contribution in [0.2, 0.25) is 0 Å². The van der Waals surface area contributed by atoms with Gasteiger partial charge in [-0.1, -0.05) is 36.4 Å². The molecule has 0 aliphatic carbocycles. The summed E-state index contributed by atoms with van der Waals surface area (Å²) >= 11 is 3.47. The number of hydrogen-bond acceptors (Lipinski definition) is 3. The van der Waals surface area contributed by atoms with E-state index >= 15 is 0 Å². The molecule has 1 aliphatic rings. The SMILES string of the molecule is O=C(Nc1cn2c(Br)cccc2n1)[C@@H](c1ccccc1)N1CCCCC1=O. The van der Waals surface area contributed by atoms with Crippen LogP contribution in [0.3, 0.4) is 0 Å². The van der Waals surface area contributed by atoms with Crippen LogP contribution in [0.1, 0.15) is 30.9 Å². The molecule has 0 bridgehead atoms. The number of rotatable bonds is 4. The number of aromatic nitrogens is 2. The van der Waals surface area contributed by atoms with Crippen molar-refractivity contribution in [2.45, 2.75) is 25.3 Å². The predicted octanol–water partition coefficient (Wildman–Crippen LogP) is 3.79. The van der Waals surface area contributed by atoms with E-state index in [0.717, 1.165) is 28.7 Å². The second kappa shape index (κ2) is 7.52. The maximum absolute atomic E-state index is 13.2. The number of anilines is 1. The van der Waals surface area contributed by atoms with Crippen LogP contribution in [-0.4, -0.2) is 32.6 Å². The lowest BCUT2D eigenvalue weighted by Crippen LogP contribution is -2.43. The van der Waals surface area contributed by atoms with Gasteiger partial charge >= 0.3 is 0 Å². The van der Waals surface area contributed by atoms with Gasteiger partial charge in [0.1, 0.15) is 11.7 Å². The molecule has 1 atom stereocenters. The molecule has 1 aromatic carbocycles. The summed E-state index contributed by atoms with van der Waals surface area (Å²) in [6.45, 7) is 0.586. The number of carbonyl (C=O) groups is 2. The van der Waals surface area contributed by atoms with Crippen molar-refractivity contribution in [1.29, 1.82) is 0 Å². The molecule has 6 nitrogen and oxygen atoms in total. The van der Waals surface area contributed by atoms with E-state index < -0.39 is 6.04 Å². The molecule has 4 rings (SSSR count). The van der Waals surface area contributed by atoms with Gasteiger partial charge in [0.25, 0.3) is 5.91 Å². The fourth-order valence-corrected chi connectivity index (χ4v) is 3.88. The summed E-state index contributed by atoms with van der Waals surface area (Å²) in [5.74, 6) is 0.219. The van der Waals surface area contributed by atoms with Crippen LogP contribution in [0.25, 0.3) is 5.65 Å². The first-order valence-electron chi connectivity index (χ1n) is 8.92. The Balaban J connectivity index is 1.65. The topological polar surface area (TPSA) is 66.7 Å². The fourth-order valence-electron chi connectivity index (χ4n) is 3.44. The molecular formula is C20H19BrN4O2. The third-order valence-electron chi connectivity index (χ3n) is 4.73. The maximum atomic E-state index is 13.2. The average Bonchev–Trinajstić information content (AvgIpc) is 3.08. The van der Waals surface area contributed by atoms with Crippen molar-refractivity contribution in [2.75, 3.05) is 11.9 Å². The molecule has 0 unspecified atom stereocenters. The van der Waals surface area contributed by atoms with Gasteiger partial charge in [0.2, 0.25) is 5.91 Å². The first-order valence-corrected chi connectivity index (χ1v) is 9.72. The van der Waals surface area contributed by atoms with Crippen LogP contribution in [-0.2, 0) is 9.59 Å². The standard InChI is InChI=1S/C20H19BrN4O2/c21-15-9-6-10-17-22-16(13-25(15)17)23-20(27)19(14-7-2-1-3-8-14)24-12-5-4-11-18(24)26/h1-3,6-10,13,19H,4-5,11-12H2,(H,23,27)/t19-/m1/s1. The highest BCUT2D eigenvalue weighted by Gasteiger charge is 2.33. The number of imidazole rings is 1. The highest BCUT2D eigenvalue weighted by Crippen LogP contribution is 2.27. The Kier molecular flexibility index (Phi) is 4.94. The Hall–Kier alpha value is -2.67. The molecule has 2 aromatic heterocycles. The highest BCUT2D eigenvalue weighted by molar-refractivity contribution is 9.10. The Morgan fingerprint density at radius 3 is 2.67 bits per heavy atom. The Labute approximate surface area is 165 Å². The summed E-state index contributed by atoms with van der Waals surface area (Å²) in [6, 6.07) is 14.4. The molecule has 2 amide bonds. The van der Waals surface area contributed by atoms with Crippen LogP contribution >= 0.6 is 15.9 Å². The molecule has 3 aromatic rings. The molecule has 138 valence electrons. The predicted molar refractivity (Wildman–Crippen MR) is 106 cm³/mol. The van der Waals surface area contributed by atoms with Crippen LogP contribution in [0, 0.1) is 0 Å². The van der Waals surface area contributed by atoms with Gasteiger partial charge in [0.15, 0.2) is 5.82 Å². The molecule has 1 fully saturated rings. The van der Waals surface area contributed by atoms with Crippen molar-refractivity contribution in [1.82, 2.24) is 14.3 Å². The van der Waals surface area contributed by atoms with Crippen LogP contribution in [0.15, 0.2) is 59.3 Å². The van der Waals surface area contributed by atoms with Gasteiger partial charge in [-0.2, -0.15) is 0 Å². The summed E-state index contributed by atoms with van der Waals surface area (Å²) in [6.07, 6.45) is 4.03. The largest absolute Gasteiger partial charge is 0.327 e. The summed E-state index contributed by atoms with van der Waals surface area (Å²) in [5.41, 5.74) is 1.53. The zero-order chi connectivity index (χ0) is 18.8. The smallest absolute Gasteiger partial charge is 0.253 e. The fraction of sp³-hybridized carbons (Fsp3) is 0.250. The molecular weight excluding hydrogens is 408 g/mol. The minimum Gasteiger partial charge on any atom is -0.327 e. The average molecular weight is 427 g/mol. The summed E-state index contributed by atoms with van der Waals surface area (Å²) in [4.78, 5) is 31.8. The van der Waals surface area contributed by atoms with Crippen LogP contribution in [0.4, 0.5) is 5.82 Å². The third kappa shape index (κ3) is 3.60. The number of nitrogens with zero attached hydrogens (tertiary/aromatic N) is 3. The summed E-state index contributed by atoms with van der Waals surface area (Å²) < 4.78 is 2.69. The first kappa shape index (κ1) is 17.7. The quantitative estimate of drug-likeness (QED) is 0.645. The zero-order valence-corrected chi connectivity index (χ0v) is 16.2. The molecule has 1 saturated heterocycles. The Morgan fingerprint density at radius 2 is 1.93 bits per heavy atom. The zero-order valence-electron chi connectivity index (χ0n) is 14.6. The van der Waals surface area contributed by atoms with Gasteiger partial charge in [-0.3, -0.25) is 14.0 Å². The van der Waals surface area contributed by atoms with Crippen LogP contribution < -0.4 is 5.32 Å². The van der Waals surface area contributed by atoms with Crippen molar-refractivity contribution >= 4 is 39.2 Å². The molecule has 0 saturated carbocycles. The van der Waals surface area contributed by atoms with E-state index in [-0.39, 0.29) is 11.8 Å². The van der Waals surface area contributed by atoms with Gasteiger partial charge in [-0.05, 0) is 46.5 Å². The maximum Gasteiger partial charge on any atom is 0.253 e. The van der Waals surface area contributed by atoms with Crippen molar-refractivity contribution < 1.29 is 9.59 Å². The van der Waals surface area contributed by atoms with E-state index in [0.29, 0.717) is 18.8 Å². The summed E-state index contributed by atoms with van der Waals surface area (Å²) in [7, 11) is 0. The van der Waals surface area contributed by atoms with E-state index in [1.807, 2.05) is 52.9 Å². The minimum absolute atomic E-state index is 0.0167. The van der Waals surface area contributed by atoms with Gasteiger partial charge in [0.05, 0.1) is 10.8 Å². The number of halogens is 1. The molecule has 27 heavy (non-hydrogen) atoms. The van der Waals surface area contributed by atoms with E-state index in [9.17, 15) is 9.59 Å².